The normalized spacial score (nSPS) is 12.5. The minimum atomic E-state index is -4.73. The van der Waals surface area contributed by atoms with Crippen LogP contribution in [-0.2, 0) is 32.3 Å². The van der Waals surface area contributed by atoms with E-state index in [4.69, 9.17) is 0 Å². The first-order valence-electron chi connectivity index (χ1n) is 12.1. The van der Waals surface area contributed by atoms with Crippen LogP contribution in [0.15, 0.2) is 77.7 Å². The molecule has 0 spiro atoms. The number of anilines is 1. The van der Waals surface area contributed by atoms with Crippen LogP contribution in [0.4, 0.5) is 18.9 Å². The summed E-state index contributed by atoms with van der Waals surface area (Å²) in [6, 6.07) is 15.8. The molecule has 0 bridgehead atoms. The fraction of sp³-hybridized carbons (Fsp3) is 0.286. The van der Waals surface area contributed by atoms with E-state index in [-0.39, 0.29) is 17.1 Å². The van der Waals surface area contributed by atoms with Crippen molar-refractivity contribution in [3.8, 4) is 0 Å². The summed E-state index contributed by atoms with van der Waals surface area (Å²) in [6.07, 6.45) is -4.73. The Morgan fingerprint density at radius 2 is 1.56 bits per heavy atom. The molecule has 11 heteroatoms. The van der Waals surface area contributed by atoms with Gasteiger partial charge in [-0.05, 0) is 56.7 Å². The second-order valence-electron chi connectivity index (χ2n) is 9.17. The molecule has 39 heavy (non-hydrogen) atoms. The third kappa shape index (κ3) is 7.17. The van der Waals surface area contributed by atoms with Gasteiger partial charge in [0.2, 0.25) is 11.8 Å². The molecular formula is C28H30F3N3O4S. The van der Waals surface area contributed by atoms with Gasteiger partial charge in [0.15, 0.2) is 0 Å². The highest BCUT2D eigenvalue weighted by atomic mass is 32.2. The lowest BCUT2D eigenvalue weighted by atomic mass is 10.1. The lowest BCUT2D eigenvalue weighted by Crippen LogP contribution is -2.50. The zero-order valence-electron chi connectivity index (χ0n) is 22.0. The van der Waals surface area contributed by atoms with E-state index in [1.165, 1.54) is 37.1 Å². The van der Waals surface area contributed by atoms with Gasteiger partial charge >= 0.3 is 6.18 Å². The molecule has 0 fully saturated rings. The van der Waals surface area contributed by atoms with Crippen molar-refractivity contribution in [1.82, 2.24) is 10.2 Å². The predicted molar refractivity (Wildman–Crippen MR) is 142 cm³/mol. The summed E-state index contributed by atoms with van der Waals surface area (Å²) in [7, 11) is -3.07. The van der Waals surface area contributed by atoms with E-state index in [2.05, 4.69) is 5.32 Å². The molecule has 208 valence electrons. The summed E-state index contributed by atoms with van der Waals surface area (Å²) in [5, 5.41) is 2.48. The molecule has 0 aromatic heterocycles. The van der Waals surface area contributed by atoms with Gasteiger partial charge in [0.05, 0.1) is 16.1 Å². The molecular weight excluding hydrogens is 531 g/mol. The van der Waals surface area contributed by atoms with Crippen molar-refractivity contribution in [2.75, 3.05) is 17.9 Å². The average molecular weight is 562 g/mol. The first-order chi connectivity index (χ1) is 18.2. The molecule has 0 heterocycles. The van der Waals surface area contributed by atoms with Crippen molar-refractivity contribution < 1.29 is 31.2 Å². The van der Waals surface area contributed by atoms with Gasteiger partial charge in [-0.1, -0.05) is 53.6 Å². The number of hydrogen-bond acceptors (Lipinski definition) is 4. The number of alkyl halides is 3. The van der Waals surface area contributed by atoms with Gasteiger partial charge in [-0.3, -0.25) is 13.9 Å². The summed E-state index contributed by atoms with van der Waals surface area (Å²) in [5.41, 5.74) is 0.999. The molecule has 3 aromatic carbocycles. The van der Waals surface area contributed by atoms with Gasteiger partial charge in [-0.2, -0.15) is 13.2 Å². The van der Waals surface area contributed by atoms with Crippen molar-refractivity contribution in [3.63, 3.8) is 0 Å². The minimum Gasteiger partial charge on any atom is -0.357 e. The number of benzene rings is 3. The van der Waals surface area contributed by atoms with Crippen LogP contribution in [-0.4, -0.2) is 44.8 Å². The SMILES string of the molecule is CNC(=O)[C@@H](C)N(Cc1cccc(C)c1)C(=O)CN(c1cccc(C(F)(F)F)c1)S(=O)(=O)c1ccc(C)cc1. The molecule has 1 atom stereocenters. The Hall–Kier alpha value is -3.86. The van der Waals surface area contributed by atoms with Gasteiger partial charge in [0.25, 0.3) is 10.0 Å². The predicted octanol–water partition coefficient (Wildman–Crippen LogP) is 4.68. The number of carbonyl (C=O) groups is 2. The van der Waals surface area contributed by atoms with Crippen LogP contribution >= 0.6 is 0 Å². The van der Waals surface area contributed by atoms with E-state index in [0.29, 0.717) is 15.9 Å². The van der Waals surface area contributed by atoms with Crippen LogP contribution in [0.25, 0.3) is 0 Å². The smallest absolute Gasteiger partial charge is 0.357 e. The van der Waals surface area contributed by atoms with Crippen LogP contribution in [0.3, 0.4) is 0 Å². The number of sulfonamides is 1. The van der Waals surface area contributed by atoms with Crippen LogP contribution < -0.4 is 9.62 Å². The first kappa shape index (κ1) is 29.7. The number of halogens is 3. The Balaban J connectivity index is 2.10. The summed E-state index contributed by atoms with van der Waals surface area (Å²) in [6.45, 7) is 4.27. The number of hydrogen-bond donors (Lipinski definition) is 1. The van der Waals surface area contributed by atoms with Gasteiger partial charge < -0.3 is 10.2 Å². The van der Waals surface area contributed by atoms with Gasteiger partial charge in [-0.15, -0.1) is 0 Å². The van der Waals surface area contributed by atoms with Crippen molar-refractivity contribution in [2.24, 2.45) is 0 Å². The van der Waals surface area contributed by atoms with Crippen LogP contribution in [0, 0.1) is 13.8 Å². The average Bonchev–Trinajstić information content (AvgIpc) is 2.89. The highest BCUT2D eigenvalue weighted by molar-refractivity contribution is 7.92. The maximum Gasteiger partial charge on any atom is 0.416 e. The topological polar surface area (TPSA) is 86.8 Å². The Bertz CT molecular complexity index is 1440. The van der Waals surface area contributed by atoms with Crippen molar-refractivity contribution in [1.29, 1.82) is 0 Å². The Kier molecular flexibility index (Phi) is 9.06. The Morgan fingerprint density at radius 1 is 0.923 bits per heavy atom. The van der Waals surface area contributed by atoms with E-state index in [9.17, 15) is 31.2 Å². The highest BCUT2D eigenvalue weighted by Crippen LogP contribution is 2.33. The molecule has 3 rings (SSSR count). The van der Waals surface area contributed by atoms with Crippen LogP contribution in [0.1, 0.15) is 29.2 Å². The fourth-order valence-electron chi connectivity index (χ4n) is 4.00. The number of likely N-dealkylation sites (N-methyl/N-ethyl adjacent to an activating group) is 1. The molecule has 2 amide bonds. The molecule has 1 N–H and O–H groups in total. The van der Waals surface area contributed by atoms with Crippen molar-refractivity contribution in [3.05, 3.63) is 95.1 Å². The summed E-state index contributed by atoms with van der Waals surface area (Å²) < 4.78 is 68.6. The van der Waals surface area contributed by atoms with Crippen molar-refractivity contribution >= 4 is 27.5 Å². The van der Waals surface area contributed by atoms with Gasteiger partial charge in [0.1, 0.15) is 12.6 Å². The quantitative estimate of drug-likeness (QED) is 0.411. The highest BCUT2D eigenvalue weighted by Gasteiger charge is 2.35. The minimum absolute atomic E-state index is 0.0177. The maximum atomic E-state index is 13.7. The van der Waals surface area contributed by atoms with Crippen molar-refractivity contribution in [2.45, 2.75) is 44.4 Å². The van der Waals surface area contributed by atoms with Gasteiger partial charge in [0, 0.05) is 13.6 Å². The molecule has 0 unspecified atom stereocenters. The summed E-state index contributed by atoms with van der Waals surface area (Å²) >= 11 is 0. The third-order valence-corrected chi connectivity index (χ3v) is 7.99. The molecule has 0 saturated heterocycles. The Morgan fingerprint density at radius 3 is 2.15 bits per heavy atom. The largest absolute Gasteiger partial charge is 0.416 e. The molecule has 0 aliphatic heterocycles. The first-order valence-corrected chi connectivity index (χ1v) is 13.5. The third-order valence-electron chi connectivity index (χ3n) is 6.20. The standard InChI is InChI=1S/C28H30F3N3O4S/c1-19-11-13-25(14-12-19)39(37,38)34(24-10-6-9-23(16-24)28(29,30)31)18-26(35)33(21(3)27(36)32-4)17-22-8-5-7-20(2)15-22/h5-16,21H,17-18H2,1-4H3,(H,32,36)/t21-/m1/s1. The van der Waals surface area contributed by atoms with Crippen LogP contribution in [0.5, 0.6) is 0 Å². The molecule has 7 nitrogen and oxygen atoms in total. The monoisotopic (exact) mass is 561 g/mol. The second kappa shape index (κ2) is 11.9. The molecule has 0 radical (unpaired) electrons. The number of aryl methyl sites for hydroxylation is 2. The number of rotatable bonds is 9. The molecule has 0 saturated carbocycles. The number of carbonyl (C=O) groups excluding carboxylic acids is 2. The van der Waals surface area contributed by atoms with E-state index in [0.717, 1.165) is 23.3 Å². The summed E-state index contributed by atoms with van der Waals surface area (Å²) in [4.78, 5) is 27.2. The maximum absolute atomic E-state index is 13.7. The lowest BCUT2D eigenvalue weighted by Gasteiger charge is -2.32. The van der Waals surface area contributed by atoms with Crippen LogP contribution in [0.2, 0.25) is 0 Å². The lowest BCUT2D eigenvalue weighted by molar-refractivity contribution is -0.139. The van der Waals surface area contributed by atoms with E-state index < -0.39 is 46.2 Å². The number of nitrogens with one attached hydrogen (secondary N) is 1. The van der Waals surface area contributed by atoms with Gasteiger partial charge in [-0.25, -0.2) is 8.42 Å². The number of amides is 2. The number of nitrogens with zero attached hydrogens (tertiary/aromatic N) is 2. The fourth-order valence-corrected chi connectivity index (χ4v) is 5.41. The zero-order valence-corrected chi connectivity index (χ0v) is 22.8. The Labute approximate surface area is 226 Å². The summed E-state index contributed by atoms with van der Waals surface area (Å²) in [5.74, 6) is -1.25. The second-order valence-corrected chi connectivity index (χ2v) is 11.0. The molecule has 0 aliphatic rings. The van der Waals surface area contributed by atoms with E-state index in [1.54, 1.807) is 31.2 Å². The zero-order chi connectivity index (χ0) is 29.0. The van der Waals surface area contributed by atoms with E-state index in [1.807, 2.05) is 19.1 Å². The van der Waals surface area contributed by atoms with E-state index >= 15 is 0 Å². The molecule has 3 aromatic rings. The molecule has 0 aliphatic carbocycles.